The number of quaternary nitrogens is 1. The summed E-state index contributed by atoms with van der Waals surface area (Å²) in [6.45, 7) is 8.49. The molecule has 1 aliphatic rings. The number of carbonyl (C=O) groups excluding carboxylic acids is 2. The molecule has 0 spiro atoms. The lowest BCUT2D eigenvalue weighted by Gasteiger charge is -2.30. The lowest BCUT2D eigenvalue weighted by molar-refractivity contribution is -0.890. The zero-order valence-electron chi connectivity index (χ0n) is 20.0. The van der Waals surface area contributed by atoms with Gasteiger partial charge in [0.25, 0.3) is 5.91 Å². The van der Waals surface area contributed by atoms with Crippen LogP contribution in [0.15, 0.2) is 0 Å². The Morgan fingerprint density at radius 1 is 0.759 bits per heavy atom. The first-order valence-corrected chi connectivity index (χ1v) is 12.2. The number of carbonyl (C=O) groups is 2. The number of hydrogen-bond acceptors (Lipinski definition) is 2. The number of hydrogen-bond donors (Lipinski definition) is 1. The van der Waals surface area contributed by atoms with Crippen LogP contribution in [-0.4, -0.2) is 60.6 Å². The molecule has 1 fully saturated rings. The summed E-state index contributed by atoms with van der Waals surface area (Å²) in [4.78, 5) is 25.5. The standard InChI is InChI=1S/C24H47N3O2/c1-6-7-8-9-10-11-12-13-14-15-16-17-20-27(4,5)21-18-19-26-22(28)24(2,3)25-23(26)29/h6-21H2,1-5H3/p+1. The Balaban J connectivity index is 2.01. The Hall–Kier alpha value is -1.10. The number of nitrogens with zero attached hydrogens (tertiary/aromatic N) is 2. The first kappa shape index (κ1) is 25.9. The van der Waals surface area contributed by atoms with Gasteiger partial charge in [-0.3, -0.25) is 9.69 Å². The van der Waals surface area contributed by atoms with Crippen LogP contribution < -0.4 is 5.32 Å². The van der Waals surface area contributed by atoms with E-state index in [0.717, 1.165) is 17.4 Å². The normalized spacial score (nSPS) is 16.5. The number of nitrogens with one attached hydrogen (secondary N) is 1. The van der Waals surface area contributed by atoms with Gasteiger partial charge in [-0.25, -0.2) is 4.79 Å². The molecule has 1 saturated heterocycles. The monoisotopic (exact) mass is 410 g/mol. The van der Waals surface area contributed by atoms with Crippen LogP contribution in [0.2, 0.25) is 0 Å². The Labute approximate surface area is 180 Å². The maximum Gasteiger partial charge on any atom is 0.325 e. The molecule has 0 radical (unpaired) electrons. The van der Waals surface area contributed by atoms with Crippen molar-refractivity contribution in [2.75, 3.05) is 33.7 Å². The lowest BCUT2D eigenvalue weighted by atomic mass is 10.1. The van der Waals surface area contributed by atoms with Gasteiger partial charge in [0.05, 0.1) is 27.2 Å². The summed E-state index contributed by atoms with van der Waals surface area (Å²) in [5, 5.41) is 2.75. The van der Waals surface area contributed by atoms with Crippen molar-refractivity contribution in [2.24, 2.45) is 0 Å². The number of urea groups is 1. The largest absolute Gasteiger partial charge is 0.328 e. The molecule has 1 heterocycles. The van der Waals surface area contributed by atoms with Crippen molar-refractivity contribution in [1.29, 1.82) is 0 Å². The summed E-state index contributed by atoms with van der Waals surface area (Å²) >= 11 is 0. The average molecular weight is 411 g/mol. The molecule has 0 aliphatic carbocycles. The van der Waals surface area contributed by atoms with Crippen molar-refractivity contribution in [3.63, 3.8) is 0 Å². The molecule has 0 atom stereocenters. The smallest absolute Gasteiger partial charge is 0.325 e. The molecule has 5 heteroatoms. The van der Waals surface area contributed by atoms with Crippen molar-refractivity contribution in [1.82, 2.24) is 10.2 Å². The van der Waals surface area contributed by atoms with E-state index in [9.17, 15) is 9.59 Å². The first-order valence-electron chi connectivity index (χ1n) is 12.2. The van der Waals surface area contributed by atoms with Crippen molar-refractivity contribution in [3.8, 4) is 0 Å². The number of unbranched alkanes of at least 4 members (excludes halogenated alkanes) is 11. The third-order valence-corrected chi connectivity index (χ3v) is 6.21. The van der Waals surface area contributed by atoms with E-state index < -0.39 is 5.54 Å². The van der Waals surface area contributed by atoms with E-state index in [-0.39, 0.29) is 11.9 Å². The highest BCUT2D eigenvalue weighted by Crippen LogP contribution is 2.17. The third-order valence-electron chi connectivity index (χ3n) is 6.21. The van der Waals surface area contributed by atoms with Gasteiger partial charge in [-0.1, -0.05) is 71.1 Å². The van der Waals surface area contributed by atoms with Crippen LogP contribution in [0.1, 0.15) is 104 Å². The number of imide groups is 1. The highest BCUT2D eigenvalue weighted by atomic mass is 16.2. The molecule has 0 unspecified atom stereocenters. The highest BCUT2D eigenvalue weighted by molar-refractivity contribution is 6.06. The molecule has 1 aliphatic heterocycles. The van der Waals surface area contributed by atoms with Gasteiger partial charge in [-0.15, -0.1) is 0 Å². The Morgan fingerprint density at radius 2 is 1.21 bits per heavy atom. The van der Waals surface area contributed by atoms with E-state index in [0.29, 0.717) is 6.54 Å². The molecule has 0 aromatic rings. The van der Waals surface area contributed by atoms with Crippen molar-refractivity contribution >= 4 is 11.9 Å². The summed E-state index contributed by atoms with van der Waals surface area (Å²) < 4.78 is 0.963. The molecule has 3 amide bonds. The molecular formula is C24H48N3O2+. The molecule has 0 aromatic heterocycles. The maximum atomic E-state index is 12.2. The van der Waals surface area contributed by atoms with Crippen LogP contribution in [0.25, 0.3) is 0 Å². The summed E-state index contributed by atoms with van der Waals surface area (Å²) in [6.07, 6.45) is 17.4. The Kier molecular flexibility index (Phi) is 11.9. The fraction of sp³-hybridized carbons (Fsp3) is 0.917. The molecule has 1 rings (SSSR count). The molecule has 0 aromatic carbocycles. The van der Waals surface area contributed by atoms with E-state index in [1.165, 1.54) is 88.5 Å². The second-order valence-corrected chi connectivity index (χ2v) is 10.1. The molecule has 170 valence electrons. The number of amides is 3. The first-order chi connectivity index (χ1) is 13.7. The predicted molar refractivity (Wildman–Crippen MR) is 122 cm³/mol. The van der Waals surface area contributed by atoms with Crippen LogP contribution in [-0.2, 0) is 4.79 Å². The van der Waals surface area contributed by atoms with Crippen molar-refractivity contribution < 1.29 is 14.1 Å². The van der Waals surface area contributed by atoms with Crippen molar-refractivity contribution in [3.05, 3.63) is 0 Å². The minimum absolute atomic E-state index is 0.103. The summed E-state index contributed by atoms with van der Waals surface area (Å²) in [7, 11) is 4.52. The zero-order chi connectivity index (χ0) is 21.8. The van der Waals surface area contributed by atoms with E-state index in [1.54, 1.807) is 13.8 Å². The zero-order valence-corrected chi connectivity index (χ0v) is 20.0. The van der Waals surface area contributed by atoms with Crippen LogP contribution >= 0.6 is 0 Å². The van der Waals surface area contributed by atoms with Gasteiger partial charge in [-0.2, -0.15) is 0 Å². The highest BCUT2D eigenvalue weighted by Gasteiger charge is 2.43. The minimum Gasteiger partial charge on any atom is -0.328 e. The van der Waals surface area contributed by atoms with Gasteiger partial charge in [0, 0.05) is 13.0 Å². The predicted octanol–water partition coefficient (Wildman–Crippen LogP) is 5.48. The average Bonchev–Trinajstić information content (AvgIpc) is 2.84. The fourth-order valence-corrected chi connectivity index (χ4v) is 4.17. The van der Waals surface area contributed by atoms with Crippen LogP contribution in [0.5, 0.6) is 0 Å². The Morgan fingerprint density at radius 3 is 1.66 bits per heavy atom. The molecule has 0 saturated carbocycles. The van der Waals surface area contributed by atoms with Gasteiger partial charge in [-0.05, 0) is 26.7 Å². The van der Waals surface area contributed by atoms with Crippen LogP contribution in [0, 0.1) is 0 Å². The molecule has 29 heavy (non-hydrogen) atoms. The van der Waals surface area contributed by atoms with Gasteiger partial charge in [0.15, 0.2) is 0 Å². The van der Waals surface area contributed by atoms with E-state index in [2.05, 4.69) is 26.3 Å². The Bertz CT molecular complexity index is 489. The summed E-state index contributed by atoms with van der Waals surface area (Å²) in [5.41, 5.74) is -0.753. The molecule has 5 nitrogen and oxygen atoms in total. The lowest BCUT2D eigenvalue weighted by Crippen LogP contribution is -2.43. The van der Waals surface area contributed by atoms with Crippen LogP contribution in [0.4, 0.5) is 4.79 Å². The van der Waals surface area contributed by atoms with Gasteiger partial charge >= 0.3 is 6.03 Å². The van der Waals surface area contributed by atoms with E-state index in [1.807, 2.05) is 0 Å². The second-order valence-electron chi connectivity index (χ2n) is 10.1. The third kappa shape index (κ3) is 10.5. The van der Waals surface area contributed by atoms with Gasteiger partial charge in [0.1, 0.15) is 5.54 Å². The van der Waals surface area contributed by atoms with Crippen molar-refractivity contribution in [2.45, 2.75) is 110 Å². The minimum atomic E-state index is -0.753. The van der Waals surface area contributed by atoms with E-state index >= 15 is 0 Å². The van der Waals surface area contributed by atoms with E-state index in [4.69, 9.17) is 0 Å². The second kappa shape index (κ2) is 13.3. The fourth-order valence-electron chi connectivity index (χ4n) is 4.17. The maximum absolute atomic E-state index is 12.2. The summed E-state index contributed by atoms with van der Waals surface area (Å²) in [5.74, 6) is -0.103. The SMILES string of the molecule is CCCCCCCCCCCCCC[N+](C)(C)CCCN1C(=O)NC(C)(C)C1=O. The quantitative estimate of drug-likeness (QED) is 0.196. The van der Waals surface area contributed by atoms with Gasteiger partial charge < -0.3 is 9.80 Å². The van der Waals surface area contributed by atoms with Gasteiger partial charge in [0.2, 0.25) is 0 Å². The van der Waals surface area contributed by atoms with Crippen LogP contribution in [0.3, 0.4) is 0 Å². The molecule has 0 bridgehead atoms. The topological polar surface area (TPSA) is 49.4 Å². The summed E-state index contributed by atoms with van der Waals surface area (Å²) in [6, 6.07) is -0.244. The number of rotatable bonds is 17. The molecule has 1 N–H and O–H groups in total. The molecular weight excluding hydrogens is 362 g/mol.